The lowest BCUT2D eigenvalue weighted by Gasteiger charge is -2.08. The van der Waals surface area contributed by atoms with Crippen LogP contribution in [0, 0.1) is 6.92 Å². The highest BCUT2D eigenvalue weighted by Gasteiger charge is 2.14. The Morgan fingerprint density at radius 2 is 2.57 bits per heavy atom. The van der Waals surface area contributed by atoms with Crippen LogP contribution in [0.1, 0.15) is 18.1 Å². The molecule has 0 bridgehead atoms. The summed E-state index contributed by atoms with van der Waals surface area (Å²) < 4.78 is 4.89. The van der Waals surface area contributed by atoms with Gasteiger partial charge in [-0.3, -0.25) is 0 Å². The van der Waals surface area contributed by atoms with Gasteiger partial charge in [0.2, 0.25) is 5.89 Å². The Kier molecular flexibility index (Phi) is 3.42. The minimum absolute atomic E-state index is 0.649. The molecule has 1 fully saturated rings. The maximum Gasteiger partial charge on any atom is 0.223 e. The third-order valence-corrected chi connectivity index (χ3v) is 3.44. The van der Waals surface area contributed by atoms with Gasteiger partial charge in [0, 0.05) is 31.7 Å². The third-order valence-electron chi connectivity index (χ3n) is 2.28. The van der Waals surface area contributed by atoms with Crippen LogP contribution in [-0.2, 0) is 6.42 Å². The van der Waals surface area contributed by atoms with Crippen molar-refractivity contribution in [3.63, 3.8) is 0 Å². The molecule has 1 saturated heterocycles. The molecule has 0 radical (unpaired) electrons. The van der Waals surface area contributed by atoms with E-state index in [2.05, 4.69) is 15.5 Å². The van der Waals surface area contributed by atoms with Crippen molar-refractivity contribution in [2.24, 2.45) is 0 Å². The number of rotatable bonds is 4. The number of aromatic nitrogens is 2. The molecule has 0 amide bonds. The normalized spacial score (nSPS) is 21.6. The van der Waals surface area contributed by atoms with Crippen LogP contribution in [0.15, 0.2) is 4.52 Å². The van der Waals surface area contributed by atoms with Gasteiger partial charge in [-0.25, -0.2) is 0 Å². The molecule has 1 N–H and O–H groups in total. The van der Waals surface area contributed by atoms with Crippen molar-refractivity contribution in [1.29, 1.82) is 0 Å². The van der Waals surface area contributed by atoms with Gasteiger partial charge in [-0.05, 0) is 12.2 Å². The molecular formula is C9H15N3OS. The van der Waals surface area contributed by atoms with Gasteiger partial charge in [0.05, 0.1) is 0 Å². The summed E-state index contributed by atoms with van der Waals surface area (Å²) >= 11 is 2.02. The van der Waals surface area contributed by atoms with E-state index in [1.807, 2.05) is 18.7 Å². The van der Waals surface area contributed by atoms with Gasteiger partial charge in [0.25, 0.3) is 0 Å². The summed E-state index contributed by atoms with van der Waals surface area (Å²) in [6.07, 6.45) is 2.15. The molecule has 1 aliphatic heterocycles. The van der Waals surface area contributed by atoms with Crippen molar-refractivity contribution in [3.05, 3.63) is 11.7 Å². The van der Waals surface area contributed by atoms with E-state index in [9.17, 15) is 0 Å². The van der Waals surface area contributed by atoms with Crippen LogP contribution in [0.2, 0.25) is 0 Å². The highest BCUT2D eigenvalue weighted by Crippen LogP contribution is 2.16. The Morgan fingerprint density at radius 3 is 3.21 bits per heavy atom. The van der Waals surface area contributed by atoms with Crippen LogP contribution in [0.3, 0.4) is 0 Å². The van der Waals surface area contributed by atoms with Crippen molar-refractivity contribution in [1.82, 2.24) is 15.5 Å². The molecule has 2 rings (SSSR count). The number of aryl methyl sites for hydroxylation is 1. The summed E-state index contributed by atoms with van der Waals surface area (Å²) in [6, 6.07) is 0.688. The summed E-state index contributed by atoms with van der Waals surface area (Å²) in [5, 5.41) is 7.35. The fraction of sp³-hybridized carbons (Fsp3) is 0.778. The van der Waals surface area contributed by atoms with Crippen molar-refractivity contribution in [2.45, 2.75) is 25.8 Å². The zero-order chi connectivity index (χ0) is 9.80. The van der Waals surface area contributed by atoms with Crippen LogP contribution in [0.5, 0.6) is 0 Å². The molecule has 1 aromatic heterocycles. The van der Waals surface area contributed by atoms with E-state index in [0.29, 0.717) is 11.9 Å². The largest absolute Gasteiger partial charge is 0.340 e. The van der Waals surface area contributed by atoms with E-state index in [1.165, 1.54) is 17.9 Å². The average molecular weight is 213 g/mol. The van der Waals surface area contributed by atoms with Gasteiger partial charge < -0.3 is 9.84 Å². The van der Waals surface area contributed by atoms with Crippen LogP contribution in [0.4, 0.5) is 0 Å². The molecule has 1 unspecified atom stereocenters. The summed E-state index contributed by atoms with van der Waals surface area (Å²) in [5.41, 5.74) is 0. The quantitative estimate of drug-likeness (QED) is 0.809. The third kappa shape index (κ3) is 2.72. The molecule has 4 nitrogen and oxygen atoms in total. The van der Waals surface area contributed by atoms with E-state index in [1.54, 1.807) is 0 Å². The first kappa shape index (κ1) is 9.98. The zero-order valence-electron chi connectivity index (χ0n) is 8.32. The van der Waals surface area contributed by atoms with Crippen molar-refractivity contribution in [3.8, 4) is 0 Å². The second kappa shape index (κ2) is 4.79. The highest BCUT2D eigenvalue weighted by molar-refractivity contribution is 7.99. The molecule has 5 heteroatoms. The van der Waals surface area contributed by atoms with E-state index >= 15 is 0 Å². The second-order valence-corrected chi connectivity index (χ2v) is 4.64. The predicted octanol–water partition coefficient (Wildman–Crippen LogP) is 1.02. The highest BCUT2D eigenvalue weighted by atomic mass is 32.2. The second-order valence-electron chi connectivity index (χ2n) is 3.49. The topological polar surface area (TPSA) is 51.0 Å². The summed E-state index contributed by atoms with van der Waals surface area (Å²) in [6.45, 7) is 2.77. The number of nitrogens with zero attached hydrogens (tertiary/aromatic N) is 2. The minimum atomic E-state index is 0.649. The molecule has 0 aromatic carbocycles. The Bertz CT molecular complexity index is 283. The molecule has 1 atom stereocenters. The fourth-order valence-electron chi connectivity index (χ4n) is 1.53. The predicted molar refractivity (Wildman–Crippen MR) is 56.5 cm³/mol. The number of hydrogen-bond acceptors (Lipinski definition) is 5. The Labute approximate surface area is 87.8 Å². The maximum absolute atomic E-state index is 4.89. The van der Waals surface area contributed by atoms with Gasteiger partial charge in [-0.15, -0.1) is 0 Å². The first-order valence-electron chi connectivity index (χ1n) is 4.95. The maximum atomic E-state index is 4.89. The first-order valence-corrected chi connectivity index (χ1v) is 6.10. The van der Waals surface area contributed by atoms with Crippen LogP contribution in [0.25, 0.3) is 0 Å². The fourth-order valence-corrected chi connectivity index (χ4v) is 2.71. The number of hydrogen-bond donors (Lipinski definition) is 1. The van der Waals surface area contributed by atoms with E-state index in [4.69, 9.17) is 4.52 Å². The molecule has 0 spiro atoms. The van der Waals surface area contributed by atoms with Gasteiger partial charge in [-0.1, -0.05) is 5.16 Å². The molecule has 0 aliphatic carbocycles. The monoisotopic (exact) mass is 213 g/mol. The molecule has 1 aromatic rings. The van der Waals surface area contributed by atoms with Gasteiger partial charge in [0.15, 0.2) is 5.82 Å². The lowest BCUT2D eigenvalue weighted by molar-refractivity contribution is 0.386. The van der Waals surface area contributed by atoms with E-state index in [0.717, 1.165) is 18.8 Å². The van der Waals surface area contributed by atoms with Crippen molar-refractivity contribution < 1.29 is 4.52 Å². The van der Waals surface area contributed by atoms with Crippen molar-refractivity contribution >= 4 is 11.8 Å². The van der Waals surface area contributed by atoms with Crippen LogP contribution in [-0.4, -0.2) is 34.2 Å². The van der Waals surface area contributed by atoms with Gasteiger partial charge in [0.1, 0.15) is 0 Å². The lowest BCUT2D eigenvalue weighted by Crippen LogP contribution is -2.30. The Hall–Kier alpha value is -0.550. The lowest BCUT2D eigenvalue weighted by atomic mass is 10.2. The first-order chi connectivity index (χ1) is 6.84. The molecule has 2 heterocycles. The Balaban J connectivity index is 1.67. The van der Waals surface area contributed by atoms with Crippen LogP contribution >= 0.6 is 11.8 Å². The van der Waals surface area contributed by atoms with E-state index in [-0.39, 0.29) is 0 Å². The molecular weight excluding hydrogens is 198 g/mol. The van der Waals surface area contributed by atoms with Gasteiger partial charge >= 0.3 is 0 Å². The molecule has 1 aliphatic rings. The molecule has 0 saturated carbocycles. The molecule has 78 valence electrons. The minimum Gasteiger partial charge on any atom is -0.340 e. The summed E-state index contributed by atoms with van der Waals surface area (Å²) in [7, 11) is 0. The van der Waals surface area contributed by atoms with E-state index < -0.39 is 0 Å². The average Bonchev–Trinajstić information content (AvgIpc) is 2.77. The summed E-state index contributed by atoms with van der Waals surface area (Å²) in [5.74, 6) is 3.99. The standard InChI is InChI=1S/C9H15N3OS/c1-7-11-9(12-13-7)2-4-10-8-3-5-14-6-8/h8,10H,2-6H2,1H3. The number of nitrogens with one attached hydrogen (secondary N) is 1. The number of thioether (sulfide) groups is 1. The molecule has 14 heavy (non-hydrogen) atoms. The Morgan fingerprint density at radius 1 is 1.64 bits per heavy atom. The van der Waals surface area contributed by atoms with Crippen LogP contribution < -0.4 is 5.32 Å². The zero-order valence-corrected chi connectivity index (χ0v) is 9.14. The van der Waals surface area contributed by atoms with Gasteiger partial charge in [-0.2, -0.15) is 16.7 Å². The SMILES string of the molecule is Cc1nc(CCNC2CCSC2)no1. The smallest absolute Gasteiger partial charge is 0.223 e. The summed E-state index contributed by atoms with van der Waals surface area (Å²) in [4.78, 5) is 4.15. The van der Waals surface area contributed by atoms with Crippen molar-refractivity contribution in [2.75, 3.05) is 18.1 Å².